The van der Waals surface area contributed by atoms with Crippen LogP contribution < -0.4 is 10.7 Å². The van der Waals surface area contributed by atoms with Crippen molar-refractivity contribution in [2.24, 2.45) is 0 Å². The van der Waals surface area contributed by atoms with Crippen LogP contribution in [0.2, 0.25) is 0 Å². The molecule has 0 saturated heterocycles. The quantitative estimate of drug-likeness (QED) is 0.724. The normalized spacial score (nSPS) is 14.4. The molecule has 0 spiro atoms. The number of carbonyl (C=O) groups excluding carboxylic acids is 1. The number of nitrogens with zero attached hydrogens (tertiary/aromatic N) is 2. The minimum atomic E-state index is -4.51. The third-order valence-electron chi connectivity index (χ3n) is 4.56. The second-order valence-corrected chi connectivity index (χ2v) is 6.68. The molecule has 1 aliphatic rings. The molecule has 1 N–H and O–H groups in total. The highest BCUT2D eigenvalue weighted by atomic mass is 19.4. The number of aromatic nitrogens is 2. The molecule has 1 saturated carbocycles. The Balaban J connectivity index is 1.46. The van der Waals surface area contributed by atoms with Crippen molar-refractivity contribution in [3.63, 3.8) is 0 Å². The van der Waals surface area contributed by atoms with Crippen molar-refractivity contribution < 1.29 is 22.4 Å². The number of alkyl halides is 3. The van der Waals surface area contributed by atoms with Gasteiger partial charge in [0, 0.05) is 24.2 Å². The first-order chi connectivity index (χ1) is 13.3. The number of nitrogens with one attached hydrogen (secondary N) is 1. The molecular formula is C19H16F3N3O3. The Hall–Kier alpha value is -3.10. The molecule has 3 aromatic rings. The van der Waals surface area contributed by atoms with Crippen LogP contribution in [0.4, 0.5) is 13.2 Å². The highest BCUT2D eigenvalue weighted by Gasteiger charge is 2.37. The molecule has 1 aliphatic carbocycles. The molecule has 0 radical (unpaired) electrons. The highest BCUT2D eigenvalue weighted by molar-refractivity contribution is 5.93. The van der Waals surface area contributed by atoms with Crippen molar-refractivity contribution in [3.8, 4) is 0 Å². The van der Waals surface area contributed by atoms with Gasteiger partial charge in [0.25, 0.3) is 5.91 Å². The van der Waals surface area contributed by atoms with Crippen molar-refractivity contribution in [2.45, 2.75) is 31.5 Å². The van der Waals surface area contributed by atoms with E-state index < -0.39 is 17.8 Å². The van der Waals surface area contributed by atoms with Gasteiger partial charge in [-0.1, -0.05) is 12.1 Å². The number of benzene rings is 1. The molecule has 1 fully saturated rings. The summed E-state index contributed by atoms with van der Waals surface area (Å²) in [5.41, 5.74) is -0.456. The average molecular weight is 391 g/mol. The molecule has 2 aromatic heterocycles. The third kappa shape index (κ3) is 3.64. The summed E-state index contributed by atoms with van der Waals surface area (Å²) in [6, 6.07) is 8.72. The van der Waals surface area contributed by atoms with Crippen LogP contribution in [0.1, 0.15) is 40.7 Å². The molecule has 9 heteroatoms. The van der Waals surface area contributed by atoms with E-state index in [9.17, 15) is 22.8 Å². The van der Waals surface area contributed by atoms with E-state index in [2.05, 4.69) is 10.4 Å². The average Bonchev–Trinajstić information content (AvgIpc) is 3.40. The molecular weight excluding hydrogens is 375 g/mol. The Kier molecular flexibility index (Phi) is 4.44. The molecule has 0 atom stereocenters. The summed E-state index contributed by atoms with van der Waals surface area (Å²) in [7, 11) is 0. The van der Waals surface area contributed by atoms with Crippen LogP contribution in [0.3, 0.4) is 0 Å². The fraction of sp³-hybridized carbons (Fsp3) is 0.316. The number of hydrogen-bond donors (Lipinski definition) is 1. The smallest absolute Gasteiger partial charge is 0.435 e. The summed E-state index contributed by atoms with van der Waals surface area (Å²) < 4.78 is 45.5. The summed E-state index contributed by atoms with van der Waals surface area (Å²) >= 11 is 0. The van der Waals surface area contributed by atoms with Crippen LogP contribution >= 0.6 is 0 Å². The first-order valence-electron chi connectivity index (χ1n) is 8.79. The van der Waals surface area contributed by atoms with Gasteiger partial charge in [0.1, 0.15) is 5.58 Å². The van der Waals surface area contributed by atoms with Gasteiger partial charge in [-0.2, -0.15) is 18.3 Å². The van der Waals surface area contributed by atoms with Crippen molar-refractivity contribution in [1.29, 1.82) is 0 Å². The van der Waals surface area contributed by atoms with E-state index in [0.717, 1.165) is 25.0 Å². The number of para-hydroxylation sites is 1. The fourth-order valence-corrected chi connectivity index (χ4v) is 3.03. The number of rotatable bonds is 5. The molecule has 2 heterocycles. The Morgan fingerprint density at radius 1 is 1.25 bits per heavy atom. The predicted molar refractivity (Wildman–Crippen MR) is 94.0 cm³/mol. The lowest BCUT2D eigenvalue weighted by Crippen LogP contribution is -2.28. The van der Waals surface area contributed by atoms with Crippen LogP contribution in [-0.2, 0) is 12.7 Å². The maximum Gasteiger partial charge on any atom is 0.435 e. The van der Waals surface area contributed by atoms with Crippen LogP contribution in [0, 0.1) is 0 Å². The molecule has 28 heavy (non-hydrogen) atoms. The zero-order valence-corrected chi connectivity index (χ0v) is 14.6. The van der Waals surface area contributed by atoms with Crippen LogP contribution in [0.25, 0.3) is 11.0 Å². The van der Waals surface area contributed by atoms with Gasteiger partial charge in [-0.25, -0.2) is 0 Å². The summed E-state index contributed by atoms with van der Waals surface area (Å²) in [5, 5.41) is 6.56. The van der Waals surface area contributed by atoms with Gasteiger partial charge in [-0.15, -0.1) is 0 Å². The van der Waals surface area contributed by atoms with E-state index >= 15 is 0 Å². The van der Waals surface area contributed by atoms with Gasteiger partial charge >= 0.3 is 6.18 Å². The van der Waals surface area contributed by atoms with Crippen molar-refractivity contribution in [2.75, 3.05) is 6.54 Å². The minimum absolute atomic E-state index is 0.0497. The number of carbonyl (C=O) groups is 1. The SMILES string of the molecule is O=C(NCCn1nc(C(F)(F)F)cc1C1CC1)c1cc(=O)c2ccccc2o1. The van der Waals surface area contributed by atoms with Gasteiger partial charge in [-0.3, -0.25) is 14.3 Å². The zero-order chi connectivity index (χ0) is 19.9. The summed E-state index contributed by atoms with van der Waals surface area (Å²) in [5.74, 6) is -0.681. The Labute approximate surface area is 157 Å². The lowest BCUT2D eigenvalue weighted by Gasteiger charge is -2.08. The molecule has 146 valence electrons. The molecule has 6 nitrogen and oxygen atoms in total. The Bertz CT molecular complexity index is 1100. The molecule has 0 bridgehead atoms. The minimum Gasteiger partial charge on any atom is -0.451 e. The summed E-state index contributed by atoms with van der Waals surface area (Å²) in [6.45, 7) is 0.138. The van der Waals surface area contributed by atoms with E-state index in [0.29, 0.717) is 11.1 Å². The summed E-state index contributed by atoms with van der Waals surface area (Å²) in [6.07, 6.45) is -2.85. The zero-order valence-electron chi connectivity index (χ0n) is 14.6. The van der Waals surface area contributed by atoms with Crippen molar-refractivity contribution in [3.05, 3.63) is 63.8 Å². The fourth-order valence-electron chi connectivity index (χ4n) is 3.03. The largest absolute Gasteiger partial charge is 0.451 e. The molecule has 4 rings (SSSR count). The van der Waals surface area contributed by atoms with Crippen LogP contribution in [-0.4, -0.2) is 22.2 Å². The topological polar surface area (TPSA) is 77.1 Å². The first-order valence-corrected chi connectivity index (χ1v) is 8.79. The predicted octanol–water partition coefficient (Wildman–Crippen LogP) is 3.32. The van der Waals surface area contributed by atoms with Gasteiger partial charge in [0.15, 0.2) is 16.9 Å². The van der Waals surface area contributed by atoms with E-state index in [1.54, 1.807) is 24.3 Å². The maximum atomic E-state index is 12.9. The van der Waals surface area contributed by atoms with Gasteiger partial charge in [0.2, 0.25) is 0 Å². The lowest BCUT2D eigenvalue weighted by molar-refractivity contribution is -0.141. The first kappa shape index (κ1) is 18.3. The van der Waals surface area contributed by atoms with Crippen molar-refractivity contribution in [1.82, 2.24) is 15.1 Å². The number of hydrogen-bond acceptors (Lipinski definition) is 4. The molecule has 1 aromatic carbocycles. The van der Waals surface area contributed by atoms with Crippen LogP contribution in [0.5, 0.6) is 0 Å². The van der Waals surface area contributed by atoms with Crippen LogP contribution in [0.15, 0.2) is 45.6 Å². The second kappa shape index (κ2) is 6.81. The number of amides is 1. The number of halogens is 3. The standard InChI is InChI=1S/C19H16F3N3O3/c20-19(21,22)17-9-13(11-5-6-11)25(24-17)8-7-23-18(27)16-10-14(26)12-3-1-2-4-15(12)28-16/h1-4,9-11H,5-8H2,(H,23,27). The van der Waals surface area contributed by atoms with E-state index in [1.807, 2.05) is 0 Å². The van der Waals surface area contributed by atoms with Crippen molar-refractivity contribution >= 4 is 16.9 Å². The van der Waals surface area contributed by atoms with E-state index in [1.165, 1.54) is 4.68 Å². The maximum absolute atomic E-state index is 12.9. The summed E-state index contributed by atoms with van der Waals surface area (Å²) in [4.78, 5) is 24.3. The monoisotopic (exact) mass is 391 g/mol. The van der Waals surface area contributed by atoms with Gasteiger partial charge < -0.3 is 9.73 Å². The van der Waals surface area contributed by atoms with E-state index in [-0.39, 0.29) is 35.8 Å². The lowest BCUT2D eigenvalue weighted by atomic mass is 10.2. The Morgan fingerprint density at radius 3 is 2.71 bits per heavy atom. The Morgan fingerprint density at radius 2 is 2.00 bits per heavy atom. The third-order valence-corrected chi connectivity index (χ3v) is 4.56. The van der Waals surface area contributed by atoms with Gasteiger partial charge in [-0.05, 0) is 31.0 Å². The van der Waals surface area contributed by atoms with Gasteiger partial charge in [0.05, 0.1) is 11.9 Å². The molecule has 1 amide bonds. The molecule has 0 unspecified atom stereocenters. The van der Waals surface area contributed by atoms with E-state index in [4.69, 9.17) is 4.42 Å². The second-order valence-electron chi connectivity index (χ2n) is 6.68. The number of fused-ring (bicyclic) bond motifs is 1. The molecule has 0 aliphatic heterocycles. The highest BCUT2D eigenvalue weighted by Crippen LogP contribution is 2.42.